The van der Waals surface area contributed by atoms with Crippen molar-refractivity contribution >= 4 is 5.91 Å². The fourth-order valence-electron chi connectivity index (χ4n) is 2.29. The smallest absolute Gasteiger partial charge is 0.226 e. The number of nitrogens with one attached hydrogen (secondary N) is 1. The van der Waals surface area contributed by atoms with Crippen molar-refractivity contribution in [2.45, 2.75) is 19.8 Å². The van der Waals surface area contributed by atoms with Gasteiger partial charge in [-0.3, -0.25) is 4.79 Å². The van der Waals surface area contributed by atoms with Crippen molar-refractivity contribution in [3.05, 3.63) is 35.7 Å². The molecular weight excluding hydrogens is 306 g/mol. The van der Waals surface area contributed by atoms with E-state index >= 15 is 0 Å². The number of aryl methyl sites for hydroxylation is 1. The Bertz CT molecular complexity index is 663. The molecule has 0 radical (unpaired) electrons. The monoisotopic (exact) mass is 331 g/mol. The second-order valence-electron chi connectivity index (χ2n) is 5.93. The number of ether oxygens (including phenoxy) is 1. The van der Waals surface area contributed by atoms with Crippen LogP contribution >= 0.6 is 0 Å². The summed E-state index contributed by atoms with van der Waals surface area (Å²) in [6.07, 6.45) is 1.15. The molecule has 1 N–H and O–H groups in total. The van der Waals surface area contributed by atoms with Crippen molar-refractivity contribution in [2.24, 2.45) is 0 Å². The molecule has 2 rings (SSSR count). The first-order chi connectivity index (χ1) is 11.5. The quantitative estimate of drug-likeness (QED) is 0.752. The zero-order valence-electron chi connectivity index (χ0n) is 14.8. The number of nitrogens with zero attached hydrogens (tertiary/aromatic N) is 2. The van der Waals surface area contributed by atoms with Crippen molar-refractivity contribution in [3.8, 4) is 17.2 Å². The molecule has 0 saturated carbocycles. The fourth-order valence-corrected chi connectivity index (χ4v) is 2.29. The lowest BCUT2D eigenvalue weighted by Gasteiger charge is -2.09. The first-order valence-corrected chi connectivity index (χ1v) is 8.01. The van der Waals surface area contributed by atoms with Crippen LogP contribution in [0.1, 0.15) is 17.9 Å². The maximum absolute atomic E-state index is 12.0. The third-order valence-corrected chi connectivity index (χ3v) is 3.66. The first-order valence-electron chi connectivity index (χ1n) is 8.01. The molecule has 2 aromatic rings. The lowest BCUT2D eigenvalue weighted by atomic mass is 10.2. The van der Waals surface area contributed by atoms with Crippen LogP contribution in [0.2, 0.25) is 0 Å². The Balaban J connectivity index is 1.94. The van der Waals surface area contributed by atoms with Crippen LogP contribution in [-0.4, -0.2) is 50.1 Å². The van der Waals surface area contributed by atoms with Gasteiger partial charge in [0.15, 0.2) is 0 Å². The number of hydrogen-bond acceptors (Lipinski definition) is 5. The van der Waals surface area contributed by atoms with Gasteiger partial charge in [-0.25, -0.2) is 4.98 Å². The summed E-state index contributed by atoms with van der Waals surface area (Å²) in [5, 5.41) is 2.91. The zero-order chi connectivity index (χ0) is 17.5. The average molecular weight is 331 g/mol. The van der Waals surface area contributed by atoms with Crippen molar-refractivity contribution in [1.29, 1.82) is 0 Å². The van der Waals surface area contributed by atoms with Crippen LogP contribution in [0.15, 0.2) is 28.7 Å². The molecule has 130 valence electrons. The van der Waals surface area contributed by atoms with E-state index in [9.17, 15) is 4.79 Å². The lowest BCUT2D eigenvalue weighted by Crippen LogP contribution is -2.28. The highest BCUT2D eigenvalue weighted by Crippen LogP contribution is 2.24. The van der Waals surface area contributed by atoms with Crippen LogP contribution in [0.4, 0.5) is 0 Å². The molecule has 6 nitrogen and oxygen atoms in total. The van der Waals surface area contributed by atoms with Crippen LogP contribution in [0, 0.1) is 6.92 Å². The van der Waals surface area contributed by atoms with E-state index in [2.05, 4.69) is 15.2 Å². The molecule has 0 fully saturated rings. The summed E-state index contributed by atoms with van der Waals surface area (Å²) >= 11 is 0. The second-order valence-corrected chi connectivity index (χ2v) is 5.93. The molecular formula is C18H25N3O3. The third kappa shape index (κ3) is 5.09. The third-order valence-electron chi connectivity index (χ3n) is 3.66. The minimum Gasteiger partial charge on any atom is -0.497 e. The van der Waals surface area contributed by atoms with E-state index in [1.54, 1.807) is 7.11 Å². The number of oxazole rings is 1. The van der Waals surface area contributed by atoms with E-state index in [1.165, 1.54) is 0 Å². The predicted molar refractivity (Wildman–Crippen MR) is 93.1 cm³/mol. The summed E-state index contributed by atoms with van der Waals surface area (Å²) in [5.41, 5.74) is 1.53. The van der Waals surface area contributed by atoms with Crippen molar-refractivity contribution in [1.82, 2.24) is 15.2 Å². The molecule has 24 heavy (non-hydrogen) atoms. The number of methoxy groups -OCH3 is 1. The summed E-state index contributed by atoms with van der Waals surface area (Å²) in [6, 6.07) is 7.47. The summed E-state index contributed by atoms with van der Waals surface area (Å²) in [5.74, 6) is 1.93. The molecule has 0 spiro atoms. The Kier molecular flexibility index (Phi) is 6.37. The number of amides is 1. The number of aromatic nitrogens is 1. The highest BCUT2D eigenvalue weighted by molar-refractivity contribution is 5.78. The first kappa shape index (κ1) is 18.0. The molecule has 1 aromatic heterocycles. The number of carbonyl (C=O) groups is 1. The maximum atomic E-state index is 12.0. The Morgan fingerprint density at radius 2 is 2.00 bits per heavy atom. The lowest BCUT2D eigenvalue weighted by molar-refractivity contribution is -0.120. The Hall–Kier alpha value is -2.34. The highest BCUT2D eigenvalue weighted by Gasteiger charge is 2.14. The molecule has 0 aliphatic heterocycles. The molecule has 1 heterocycles. The van der Waals surface area contributed by atoms with Crippen LogP contribution in [0.25, 0.3) is 11.5 Å². The van der Waals surface area contributed by atoms with Gasteiger partial charge >= 0.3 is 0 Å². The molecule has 0 atom stereocenters. The molecule has 1 amide bonds. The maximum Gasteiger partial charge on any atom is 0.226 e. The van der Waals surface area contributed by atoms with Gasteiger partial charge in [0, 0.05) is 12.1 Å². The van der Waals surface area contributed by atoms with Gasteiger partial charge in [0.05, 0.1) is 19.2 Å². The SMILES string of the molecule is COc1ccc(-c2nc(CC(=O)NCCCN(C)C)c(C)o2)cc1. The molecule has 6 heteroatoms. The van der Waals surface area contributed by atoms with E-state index in [1.807, 2.05) is 45.3 Å². The van der Waals surface area contributed by atoms with Crippen molar-refractivity contribution in [3.63, 3.8) is 0 Å². The van der Waals surface area contributed by atoms with Gasteiger partial charge in [-0.15, -0.1) is 0 Å². The standard InChI is InChI=1S/C18H25N3O3/c1-13-16(12-17(22)19-10-5-11-21(2)3)20-18(24-13)14-6-8-15(23-4)9-7-14/h6-9H,5,10-12H2,1-4H3,(H,19,22). The Labute approximate surface area is 142 Å². The normalized spacial score (nSPS) is 10.9. The van der Waals surface area contributed by atoms with Gasteiger partial charge in [0.25, 0.3) is 0 Å². The largest absolute Gasteiger partial charge is 0.497 e. The van der Waals surface area contributed by atoms with E-state index in [-0.39, 0.29) is 12.3 Å². The second kappa shape index (κ2) is 8.49. The highest BCUT2D eigenvalue weighted by atomic mass is 16.5. The van der Waals surface area contributed by atoms with Gasteiger partial charge < -0.3 is 19.4 Å². The van der Waals surface area contributed by atoms with Crippen molar-refractivity contribution < 1.29 is 13.9 Å². The van der Waals surface area contributed by atoms with Gasteiger partial charge in [-0.1, -0.05) is 0 Å². The summed E-state index contributed by atoms with van der Waals surface area (Å²) in [7, 11) is 5.65. The number of benzene rings is 1. The van der Waals surface area contributed by atoms with E-state index < -0.39 is 0 Å². The Morgan fingerprint density at radius 1 is 1.29 bits per heavy atom. The van der Waals surface area contributed by atoms with Gasteiger partial charge in [0.2, 0.25) is 11.8 Å². The predicted octanol–water partition coefficient (Wildman–Crippen LogP) is 2.27. The average Bonchev–Trinajstić information content (AvgIpc) is 2.92. The minimum absolute atomic E-state index is 0.0357. The number of carbonyl (C=O) groups excluding carboxylic acids is 1. The van der Waals surface area contributed by atoms with Gasteiger partial charge in [-0.05, 0) is 58.3 Å². The molecule has 1 aromatic carbocycles. The van der Waals surface area contributed by atoms with Crippen LogP contribution in [0.3, 0.4) is 0 Å². The fraction of sp³-hybridized carbons (Fsp3) is 0.444. The van der Waals surface area contributed by atoms with Gasteiger partial charge in [-0.2, -0.15) is 0 Å². The van der Waals surface area contributed by atoms with Gasteiger partial charge in [0.1, 0.15) is 11.5 Å². The van der Waals surface area contributed by atoms with Crippen LogP contribution in [-0.2, 0) is 11.2 Å². The summed E-state index contributed by atoms with van der Waals surface area (Å²) < 4.78 is 10.8. The Morgan fingerprint density at radius 3 is 2.62 bits per heavy atom. The summed E-state index contributed by atoms with van der Waals surface area (Å²) in [4.78, 5) is 18.6. The van der Waals surface area contributed by atoms with E-state index in [0.29, 0.717) is 23.9 Å². The molecule has 0 bridgehead atoms. The molecule has 0 aliphatic rings. The number of hydrogen-bond donors (Lipinski definition) is 1. The zero-order valence-corrected chi connectivity index (χ0v) is 14.8. The van der Waals surface area contributed by atoms with Crippen LogP contribution in [0.5, 0.6) is 5.75 Å². The van der Waals surface area contributed by atoms with Crippen molar-refractivity contribution in [2.75, 3.05) is 34.3 Å². The topological polar surface area (TPSA) is 67.6 Å². The molecule has 0 unspecified atom stereocenters. The van der Waals surface area contributed by atoms with E-state index in [0.717, 1.165) is 24.3 Å². The van der Waals surface area contributed by atoms with E-state index in [4.69, 9.17) is 9.15 Å². The minimum atomic E-state index is -0.0357. The van der Waals surface area contributed by atoms with Crippen LogP contribution < -0.4 is 10.1 Å². The number of rotatable bonds is 8. The summed E-state index contributed by atoms with van der Waals surface area (Å²) in [6.45, 7) is 3.44. The molecule has 0 aliphatic carbocycles. The molecule has 0 saturated heterocycles.